The van der Waals surface area contributed by atoms with Crippen molar-refractivity contribution in [2.24, 2.45) is 0 Å². The van der Waals surface area contributed by atoms with Crippen molar-refractivity contribution in [2.45, 2.75) is 32.2 Å². The first-order valence-electron chi connectivity index (χ1n) is 5.32. The summed E-state index contributed by atoms with van der Waals surface area (Å²) in [6, 6.07) is 0.589. The van der Waals surface area contributed by atoms with Crippen LogP contribution in [-0.4, -0.2) is 39.0 Å². The van der Waals surface area contributed by atoms with E-state index in [1.165, 1.54) is 0 Å². The molecule has 0 aliphatic carbocycles. The van der Waals surface area contributed by atoms with Crippen LogP contribution in [0.2, 0.25) is 0 Å². The third kappa shape index (κ3) is 5.24. The van der Waals surface area contributed by atoms with Crippen molar-refractivity contribution in [3.8, 4) is 0 Å². The van der Waals surface area contributed by atoms with Crippen LogP contribution in [0.3, 0.4) is 0 Å². The summed E-state index contributed by atoms with van der Waals surface area (Å²) >= 11 is 0. The fraction of sp³-hybridized carbons (Fsp3) is 1.00. The van der Waals surface area contributed by atoms with Gasteiger partial charge in [0.05, 0.1) is 6.61 Å². The van der Waals surface area contributed by atoms with E-state index in [4.69, 9.17) is 9.47 Å². The molecule has 1 saturated heterocycles. The summed E-state index contributed by atoms with van der Waals surface area (Å²) in [7, 11) is 0. The molecule has 1 rings (SSSR count). The number of nitrogens with one attached hydrogen (secondary N) is 1. The Morgan fingerprint density at radius 2 is 2.38 bits per heavy atom. The molecule has 1 heterocycles. The standard InChI is InChI=1S/C10H21NO2/c1-2-6-12-7-3-5-11-10-4-8-13-9-10/h10-11H,2-9H2,1H3. The number of hydrogen-bond acceptors (Lipinski definition) is 3. The monoisotopic (exact) mass is 187 g/mol. The first kappa shape index (κ1) is 11.0. The van der Waals surface area contributed by atoms with Crippen molar-refractivity contribution < 1.29 is 9.47 Å². The Hall–Kier alpha value is -0.120. The van der Waals surface area contributed by atoms with Gasteiger partial charge < -0.3 is 14.8 Å². The van der Waals surface area contributed by atoms with E-state index in [2.05, 4.69) is 12.2 Å². The van der Waals surface area contributed by atoms with Crippen molar-refractivity contribution in [3.63, 3.8) is 0 Å². The topological polar surface area (TPSA) is 30.5 Å². The molecule has 0 radical (unpaired) electrons. The minimum Gasteiger partial charge on any atom is -0.381 e. The molecule has 1 aliphatic rings. The summed E-state index contributed by atoms with van der Waals surface area (Å²) in [5.74, 6) is 0. The van der Waals surface area contributed by atoms with E-state index in [1.54, 1.807) is 0 Å². The Labute approximate surface area is 80.8 Å². The maximum Gasteiger partial charge on any atom is 0.0620 e. The Bertz CT molecular complexity index is 113. The van der Waals surface area contributed by atoms with E-state index >= 15 is 0 Å². The van der Waals surface area contributed by atoms with Crippen LogP contribution in [0.25, 0.3) is 0 Å². The minimum atomic E-state index is 0.589. The molecule has 1 fully saturated rings. The summed E-state index contributed by atoms with van der Waals surface area (Å²) in [6.45, 7) is 6.77. The number of rotatable bonds is 7. The maximum atomic E-state index is 5.38. The second-order valence-electron chi connectivity index (χ2n) is 3.48. The maximum absolute atomic E-state index is 5.38. The van der Waals surface area contributed by atoms with Gasteiger partial charge in [-0.3, -0.25) is 0 Å². The number of hydrogen-bond donors (Lipinski definition) is 1. The predicted molar refractivity (Wildman–Crippen MR) is 53.0 cm³/mol. The molecule has 0 aromatic carbocycles. The Kier molecular flexibility index (Phi) is 6.15. The zero-order chi connectivity index (χ0) is 9.36. The van der Waals surface area contributed by atoms with Gasteiger partial charge in [0.1, 0.15) is 0 Å². The molecule has 0 amide bonds. The molecular formula is C10H21NO2. The van der Waals surface area contributed by atoms with E-state index < -0.39 is 0 Å². The average Bonchev–Trinajstić information content (AvgIpc) is 2.63. The largest absolute Gasteiger partial charge is 0.381 e. The highest BCUT2D eigenvalue weighted by Crippen LogP contribution is 2.02. The van der Waals surface area contributed by atoms with Gasteiger partial charge in [0.25, 0.3) is 0 Å². The molecule has 1 aliphatic heterocycles. The van der Waals surface area contributed by atoms with Gasteiger partial charge in [-0.15, -0.1) is 0 Å². The SMILES string of the molecule is CCCOCCCNC1CCOC1. The van der Waals surface area contributed by atoms with Crippen molar-refractivity contribution in [2.75, 3.05) is 33.0 Å². The van der Waals surface area contributed by atoms with Crippen LogP contribution < -0.4 is 5.32 Å². The third-order valence-corrected chi connectivity index (χ3v) is 2.18. The van der Waals surface area contributed by atoms with Crippen LogP contribution in [0.15, 0.2) is 0 Å². The van der Waals surface area contributed by atoms with Crippen LogP contribution >= 0.6 is 0 Å². The summed E-state index contributed by atoms with van der Waals surface area (Å²) in [5.41, 5.74) is 0. The van der Waals surface area contributed by atoms with E-state index in [-0.39, 0.29) is 0 Å². The van der Waals surface area contributed by atoms with E-state index in [9.17, 15) is 0 Å². The fourth-order valence-electron chi connectivity index (χ4n) is 1.42. The summed E-state index contributed by atoms with van der Waals surface area (Å²) in [6.07, 6.45) is 3.39. The zero-order valence-corrected chi connectivity index (χ0v) is 8.55. The van der Waals surface area contributed by atoms with Crippen LogP contribution in [0, 0.1) is 0 Å². The molecule has 1 unspecified atom stereocenters. The van der Waals surface area contributed by atoms with Gasteiger partial charge in [-0.25, -0.2) is 0 Å². The predicted octanol–water partition coefficient (Wildman–Crippen LogP) is 1.18. The first-order chi connectivity index (χ1) is 6.43. The molecule has 0 spiro atoms. The molecule has 1 atom stereocenters. The van der Waals surface area contributed by atoms with Gasteiger partial charge in [-0.2, -0.15) is 0 Å². The minimum absolute atomic E-state index is 0.589. The Balaban J connectivity index is 1.78. The second-order valence-corrected chi connectivity index (χ2v) is 3.48. The van der Waals surface area contributed by atoms with Gasteiger partial charge in [0.15, 0.2) is 0 Å². The highest BCUT2D eigenvalue weighted by atomic mass is 16.5. The van der Waals surface area contributed by atoms with Gasteiger partial charge in [0.2, 0.25) is 0 Å². The van der Waals surface area contributed by atoms with Gasteiger partial charge in [-0.05, 0) is 25.8 Å². The van der Waals surface area contributed by atoms with Gasteiger partial charge in [-0.1, -0.05) is 6.92 Å². The van der Waals surface area contributed by atoms with Gasteiger partial charge >= 0.3 is 0 Å². The third-order valence-electron chi connectivity index (χ3n) is 2.18. The van der Waals surface area contributed by atoms with Crippen molar-refractivity contribution in [1.29, 1.82) is 0 Å². The molecule has 78 valence electrons. The Morgan fingerprint density at radius 1 is 1.46 bits per heavy atom. The zero-order valence-electron chi connectivity index (χ0n) is 8.55. The summed E-state index contributed by atoms with van der Waals surface area (Å²) in [4.78, 5) is 0. The molecule has 0 bridgehead atoms. The van der Waals surface area contributed by atoms with Crippen LogP contribution in [-0.2, 0) is 9.47 Å². The number of ether oxygens (including phenoxy) is 2. The van der Waals surface area contributed by atoms with Crippen LogP contribution in [0.5, 0.6) is 0 Å². The van der Waals surface area contributed by atoms with Crippen molar-refractivity contribution in [1.82, 2.24) is 5.32 Å². The smallest absolute Gasteiger partial charge is 0.0620 e. The van der Waals surface area contributed by atoms with E-state index in [0.717, 1.165) is 52.2 Å². The van der Waals surface area contributed by atoms with Crippen molar-refractivity contribution in [3.05, 3.63) is 0 Å². The lowest BCUT2D eigenvalue weighted by atomic mass is 10.2. The highest BCUT2D eigenvalue weighted by molar-refractivity contribution is 4.70. The molecule has 3 nitrogen and oxygen atoms in total. The Morgan fingerprint density at radius 3 is 3.08 bits per heavy atom. The molecule has 0 aromatic rings. The lowest BCUT2D eigenvalue weighted by Gasteiger charge is -2.09. The van der Waals surface area contributed by atoms with Gasteiger partial charge in [0, 0.05) is 25.9 Å². The summed E-state index contributed by atoms with van der Waals surface area (Å²) < 4.78 is 10.6. The molecule has 13 heavy (non-hydrogen) atoms. The second kappa shape index (κ2) is 7.30. The lowest BCUT2D eigenvalue weighted by Crippen LogP contribution is -2.30. The lowest BCUT2D eigenvalue weighted by molar-refractivity contribution is 0.131. The molecule has 3 heteroatoms. The van der Waals surface area contributed by atoms with Crippen molar-refractivity contribution >= 4 is 0 Å². The molecule has 0 aromatic heterocycles. The molecular weight excluding hydrogens is 166 g/mol. The van der Waals surface area contributed by atoms with Crippen LogP contribution in [0.1, 0.15) is 26.2 Å². The normalized spacial score (nSPS) is 22.4. The molecule has 0 saturated carbocycles. The van der Waals surface area contributed by atoms with Crippen LogP contribution in [0.4, 0.5) is 0 Å². The van der Waals surface area contributed by atoms with E-state index in [1.807, 2.05) is 0 Å². The quantitative estimate of drug-likeness (QED) is 0.607. The molecule has 1 N–H and O–H groups in total. The average molecular weight is 187 g/mol. The first-order valence-corrected chi connectivity index (χ1v) is 5.32. The fourth-order valence-corrected chi connectivity index (χ4v) is 1.42. The van der Waals surface area contributed by atoms with E-state index in [0.29, 0.717) is 6.04 Å². The highest BCUT2D eigenvalue weighted by Gasteiger charge is 2.13. The summed E-state index contributed by atoms with van der Waals surface area (Å²) in [5, 5.41) is 3.45.